The maximum absolute atomic E-state index is 11.2. The van der Waals surface area contributed by atoms with Gasteiger partial charge in [-0.2, -0.15) is 0 Å². The number of thiophene rings is 1. The average Bonchev–Trinajstić information content (AvgIpc) is 2.71. The van der Waals surface area contributed by atoms with Gasteiger partial charge in [-0.15, -0.1) is 11.3 Å². The van der Waals surface area contributed by atoms with Crippen molar-refractivity contribution in [2.24, 2.45) is 0 Å². The topological polar surface area (TPSA) is 38.3 Å². The van der Waals surface area contributed by atoms with Gasteiger partial charge in [0.15, 0.2) is 0 Å². The van der Waals surface area contributed by atoms with E-state index in [4.69, 9.17) is 16.3 Å². The van der Waals surface area contributed by atoms with Crippen LogP contribution in [-0.4, -0.2) is 25.7 Å². The summed E-state index contributed by atoms with van der Waals surface area (Å²) in [4.78, 5) is 12.5. The second kappa shape index (κ2) is 8.50. The molecule has 0 saturated heterocycles. The van der Waals surface area contributed by atoms with Crippen LogP contribution < -0.4 is 5.32 Å². The zero-order chi connectivity index (χ0) is 12.5. The number of ether oxygens (including phenoxy) is 1. The predicted octanol–water partition coefficient (Wildman–Crippen LogP) is 2.88. The number of hydrogen-bond donors (Lipinski definition) is 1. The molecule has 0 saturated carbocycles. The number of carbonyl (C=O) groups is 1. The molecule has 96 valence electrons. The van der Waals surface area contributed by atoms with E-state index in [2.05, 4.69) is 12.2 Å². The van der Waals surface area contributed by atoms with Gasteiger partial charge in [0.2, 0.25) is 0 Å². The molecule has 3 nitrogen and oxygen atoms in total. The highest BCUT2D eigenvalue weighted by Crippen LogP contribution is 2.21. The third kappa shape index (κ3) is 6.66. The van der Waals surface area contributed by atoms with E-state index >= 15 is 0 Å². The van der Waals surface area contributed by atoms with E-state index in [0.717, 1.165) is 30.1 Å². The maximum Gasteiger partial charge on any atom is 0.319 e. The summed E-state index contributed by atoms with van der Waals surface area (Å²) < 4.78 is 5.82. The van der Waals surface area contributed by atoms with Crippen LogP contribution in [0.2, 0.25) is 4.34 Å². The molecule has 0 aliphatic rings. The highest BCUT2D eigenvalue weighted by atomic mass is 35.5. The Labute approximate surface area is 111 Å². The van der Waals surface area contributed by atoms with E-state index < -0.39 is 0 Å². The van der Waals surface area contributed by atoms with E-state index in [9.17, 15) is 4.79 Å². The fraction of sp³-hybridized carbons (Fsp3) is 0.583. The van der Waals surface area contributed by atoms with Gasteiger partial charge in [-0.3, -0.25) is 4.79 Å². The summed E-state index contributed by atoms with van der Waals surface area (Å²) in [6, 6.07) is 3.90. The van der Waals surface area contributed by atoms with Crippen LogP contribution in [0.4, 0.5) is 0 Å². The lowest BCUT2D eigenvalue weighted by molar-refractivity contribution is -0.142. The summed E-state index contributed by atoms with van der Waals surface area (Å²) in [6.45, 7) is 3.64. The molecule has 1 aromatic rings. The van der Waals surface area contributed by atoms with Gasteiger partial charge in [-0.1, -0.05) is 24.9 Å². The van der Waals surface area contributed by atoms with E-state index in [0.29, 0.717) is 6.61 Å². The molecule has 0 aliphatic heterocycles. The Morgan fingerprint density at radius 3 is 3.00 bits per heavy atom. The average molecular weight is 276 g/mol. The zero-order valence-electron chi connectivity index (χ0n) is 10.0. The van der Waals surface area contributed by atoms with Gasteiger partial charge in [0, 0.05) is 11.4 Å². The van der Waals surface area contributed by atoms with Gasteiger partial charge in [0.25, 0.3) is 0 Å². The van der Waals surface area contributed by atoms with Crippen LogP contribution in [0.1, 0.15) is 24.6 Å². The molecule has 0 aromatic carbocycles. The molecule has 0 radical (unpaired) electrons. The van der Waals surface area contributed by atoms with Crippen molar-refractivity contribution in [2.75, 3.05) is 19.7 Å². The number of carbonyl (C=O) groups excluding carboxylic acids is 1. The van der Waals surface area contributed by atoms with Crippen LogP contribution in [0.3, 0.4) is 0 Å². The number of unbranched alkanes of at least 4 members (excludes halogenated alkanes) is 1. The molecular weight excluding hydrogens is 258 g/mol. The minimum absolute atomic E-state index is 0.178. The molecule has 1 N–H and O–H groups in total. The van der Waals surface area contributed by atoms with Crippen LogP contribution in [0, 0.1) is 0 Å². The van der Waals surface area contributed by atoms with Crippen LogP contribution in [0.5, 0.6) is 0 Å². The fourth-order valence-corrected chi connectivity index (χ4v) is 2.36. The molecule has 0 fully saturated rings. The summed E-state index contributed by atoms with van der Waals surface area (Å²) in [7, 11) is 0. The predicted molar refractivity (Wildman–Crippen MR) is 71.8 cm³/mol. The number of nitrogens with one attached hydrogen (secondary N) is 1. The molecule has 0 bridgehead atoms. The van der Waals surface area contributed by atoms with E-state index in [1.165, 1.54) is 4.88 Å². The first-order chi connectivity index (χ1) is 8.22. The summed E-state index contributed by atoms with van der Waals surface area (Å²) in [6.07, 6.45) is 2.86. The minimum Gasteiger partial charge on any atom is -0.465 e. The highest BCUT2D eigenvalue weighted by Gasteiger charge is 2.02. The van der Waals surface area contributed by atoms with E-state index in [1.54, 1.807) is 11.3 Å². The summed E-state index contributed by atoms with van der Waals surface area (Å²) >= 11 is 7.39. The number of rotatable bonds is 8. The van der Waals surface area contributed by atoms with Crippen LogP contribution >= 0.6 is 22.9 Å². The summed E-state index contributed by atoms with van der Waals surface area (Å²) in [5, 5.41) is 3.06. The zero-order valence-corrected chi connectivity index (χ0v) is 11.6. The van der Waals surface area contributed by atoms with Crippen LogP contribution in [0.15, 0.2) is 12.1 Å². The van der Waals surface area contributed by atoms with Crippen molar-refractivity contribution in [1.29, 1.82) is 0 Å². The molecule has 0 amide bonds. The van der Waals surface area contributed by atoms with Crippen molar-refractivity contribution in [3.63, 3.8) is 0 Å². The van der Waals surface area contributed by atoms with Gasteiger partial charge in [-0.25, -0.2) is 0 Å². The second-order valence-corrected chi connectivity index (χ2v) is 5.51. The highest BCUT2D eigenvalue weighted by molar-refractivity contribution is 7.16. The molecule has 1 heterocycles. The monoisotopic (exact) mass is 275 g/mol. The van der Waals surface area contributed by atoms with E-state index in [-0.39, 0.29) is 12.5 Å². The molecule has 0 unspecified atom stereocenters. The molecule has 1 rings (SSSR count). The SMILES string of the molecule is CCCCOC(=O)CNCCc1ccc(Cl)s1. The summed E-state index contributed by atoms with van der Waals surface area (Å²) in [5.74, 6) is -0.178. The molecule has 17 heavy (non-hydrogen) atoms. The smallest absolute Gasteiger partial charge is 0.319 e. The Bertz CT molecular complexity index is 341. The van der Waals surface area contributed by atoms with Crippen molar-refractivity contribution in [1.82, 2.24) is 5.32 Å². The van der Waals surface area contributed by atoms with Crippen molar-refractivity contribution in [3.05, 3.63) is 21.3 Å². The molecule has 5 heteroatoms. The minimum atomic E-state index is -0.178. The standard InChI is InChI=1S/C12H18ClNO2S/c1-2-3-8-16-12(15)9-14-7-6-10-4-5-11(13)17-10/h4-5,14H,2-3,6-9H2,1H3. The number of esters is 1. The van der Waals surface area contributed by atoms with Gasteiger partial charge in [0.05, 0.1) is 17.5 Å². The van der Waals surface area contributed by atoms with Crippen LogP contribution in [-0.2, 0) is 16.0 Å². The number of halogens is 1. The van der Waals surface area contributed by atoms with Crippen molar-refractivity contribution in [3.8, 4) is 0 Å². The quantitative estimate of drug-likeness (QED) is 0.586. The normalized spacial score (nSPS) is 10.5. The Morgan fingerprint density at radius 2 is 2.35 bits per heavy atom. The van der Waals surface area contributed by atoms with Gasteiger partial charge < -0.3 is 10.1 Å². The lowest BCUT2D eigenvalue weighted by atomic mass is 10.3. The first kappa shape index (κ1) is 14.5. The summed E-state index contributed by atoms with van der Waals surface area (Å²) in [5.41, 5.74) is 0. The molecule has 1 aromatic heterocycles. The third-order valence-corrected chi connectivity index (χ3v) is 3.50. The Kier molecular flexibility index (Phi) is 7.24. The lowest BCUT2D eigenvalue weighted by Crippen LogP contribution is -2.26. The largest absolute Gasteiger partial charge is 0.465 e. The van der Waals surface area contributed by atoms with Crippen LogP contribution in [0.25, 0.3) is 0 Å². The molecular formula is C12H18ClNO2S. The molecule has 0 spiro atoms. The first-order valence-corrected chi connectivity index (χ1v) is 7.02. The Morgan fingerprint density at radius 1 is 1.53 bits per heavy atom. The van der Waals surface area contributed by atoms with Gasteiger partial charge >= 0.3 is 5.97 Å². The maximum atomic E-state index is 11.2. The van der Waals surface area contributed by atoms with Gasteiger partial charge in [0.1, 0.15) is 0 Å². The van der Waals surface area contributed by atoms with E-state index in [1.807, 2.05) is 12.1 Å². The van der Waals surface area contributed by atoms with Gasteiger partial charge in [-0.05, 0) is 25.0 Å². The second-order valence-electron chi connectivity index (χ2n) is 3.71. The molecule has 0 atom stereocenters. The fourth-order valence-electron chi connectivity index (χ4n) is 1.27. The van der Waals surface area contributed by atoms with Crippen molar-refractivity contribution >= 4 is 28.9 Å². The Balaban J connectivity index is 2.02. The Hall–Kier alpha value is -0.580. The van der Waals surface area contributed by atoms with Crippen molar-refractivity contribution < 1.29 is 9.53 Å². The lowest BCUT2D eigenvalue weighted by Gasteiger charge is -2.04. The number of hydrogen-bond acceptors (Lipinski definition) is 4. The first-order valence-electron chi connectivity index (χ1n) is 5.83. The van der Waals surface area contributed by atoms with Crippen molar-refractivity contribution in [2.45, 2.75) is 26.2 Å². The third-order valence-electron chi connectivity index (χ3n) is 2.21. The molecule has 0 aliphatic carbocycles.